The topological polar surface area (TPSA) is 55.1 Å². The van der Waals surface area contributed by atoms with E-state index in [0.29, 0.717) is 5.69 Å². The largest absolute Gasteiger partial charge is 0.360 e. The number of fused-ring (bicyclic) bond motifs is 1. The fourth-order valence-electron chi connectivity index (χ4n) is 2.80. The first-order valence-electron chi connectivity index (χ1n) is 7.00. The molecule has 0 bridgehead atoms. The van der Waals surface area contributed by atoms with Crippen molar-refractivity contribution in [2.24, 2.45) is 0 Å². The summed E-state index contributed by atoms with van der Waals surface area (Å²) in [6.45, 7) is 4.03. The highest BCUT2D eigenvalue weighted by Gasteiger charge is 2.23. The SMILES string of the molecule is Cc1cc(C)cc(NC(=O)c2noc3c2CCCC3)c1. The molecule has 0 aliphatic heterocycles. The van der Waals surface area contributed by atoms with Gasteiger partial charge < -0.3 is 9.84 Å². The van der Waals surface area contributed by atoms with Crippen molar-refractivity contribution in [1.82, 2.24) is 5.16 Å². The summed E-state index contributed by atoms with van der Waals surface area (Å²) < 4.78 is 5.28. The molecule has 1 heterocycles. The number of amides is 1. The number of carbonyl (C=O) groups excluding carboxylic acids is 1. The van der Waals surface area contributed by atoms with Gasteiger partial charge in [0.15, 0.2) is 5.69 Å². The summed E-state index contributed by atoms with van der Waals surface area (Å²) in [5.74, 6) is 0.698. The van der Waals surface area contributed by atoms with Crippen LogP contribution in [0.2, 0.25) is 0 Å². The van der Waals surface area contributed by atoms with Crippen LogP contribution in [-0.2, 0) is 12.8 Å². The minimum absolute atomic E-state index is 0.179. The molecule has 3 rings (SSSR count). The molecule has 0 spiro atoms. The van der Waals surface area contributed by atoms with Gasteiger partial charge in [0.2, 0.25) is 0 Å². The Morgan fingerprint density at radius 1 is 1.15 bits per heavy atom. The summed E-state index contributed by atoms with van der Waals surface area (Å²) in [7, 11) is 0. The van der Waals surface area contributed by atoms with E-state index in [4.69, 9.17) is 4.52 Å². The first-order valence-corrected chi connectivity index (χ1v) is 7.00. The molecule has 4 nitrogen and oxygen atoms in total. The van der Waals surface area contributed by atoms with Crippen molar-refractivity contribution >= 4 is 11.6 Å². The molecule has 0 saturated carbocycles. The molecule has 0 unspecified atom stereocenters. The summed E-state index contributed by atoms with van der Waals surface area (Å²) in [5.41, 5.74) is 4.49. The second kappa shape index (κ2) is 5.12. The molecule has 104 valence electrons. The van der Waals surface area contributed by atoms with Crippen molar-refractivity contribution < 1.29 is 9.32 Å². The Hall–Kier alpha value is -2.10. The summed E-state index contributed by atoms with van der Waals surface area (Å²) in [4.78, 5) is 12.3. The molecule has 1 aliphatic rings. The van der Waals surface area contributed by atoms with E-state index in [1.54, 1.807) is 0 Å². The number of benzene rings is 1. The van der Waals surface area contributed by atoms with Crippen LogP contribution in [0.15, 0.2) is 22.7 Å². The zero-order valence-electron chi connectivity index (χ0n) is 11.8. The van der Waals surface area contributed by atoms with Gasteiger partial charge in [-0.2, -0.15) is 0 Å². The molecular weight excluding hydrogens is 252 g/mol. The van der Waals surface area contributed by atoms with Gasteiger partial charge in [-0.25, -0.2) is 0 Å². The smallest absolute Gasteiger partial charge is 0.278 e. The lowest BCUT2D eigenvalue weighted by Gasteiger charge is -2.10. The number of nitrogens with one attached hydrogen (secondary N) is 1. The van der Waals surface area contributed by atoms with Gasteiger partial charge in [-0.1, -0.05) is 11.2 Å². The maximum Gasteiger partial charge on any atom is 0.278 e. The number of hydrogen-bond donors (Lipinski definition) is 1. The van der Waals surface area contributed by atoms with Crippen LogP contribution in [0, 0.1) is 13.8 Å². The second-order valence-electron chi connectivity index (χ2n) is 5.47. The summed E-state index contributed by atoms with van der Waals surface area (Å²) >= 11 is 0. The molecule has 0 fully saturated rings. The fourth-order valence-corrected chi connectivity index (χ4v) is 2.80. The van der Waals surface area contributed by atoms with Crippen molar-refractivity contribution in [3.05, 3.63) is 46.3 Å². The Bertz CT molecular complexity index is 638. The van der Waals surface area contributed by atoms with E-state index in [1.165, 1.54) is 0 Å². The van der Waals surface area contributed by atoms with Crippen LogP contribution in [0.1, 0.15) is 45.8 Å². The predicted octanol–water partition coefficient (Wildman–Crippen LogP) is 3.42. The van der Waals surface area contributed by atoms with E-state index in [1.807, 2.05) is 26.0 Å². The van der Waals surface area contributed by atoms with Gasteiger partial charge in [-0.15, -0.1) is 0 Å². The number of aromatic nitrogens is 1. The third kappa shape index (κ3) is 2.46. The average molecular weight is 270 g/mol. The number of nitrogens with zero attached hydrogens (tertiary/aromatic N) is 1. The number of aryl methyl sites for hydroxylation is 3. The molecular formula is C16H18N2O2. The molecule has 1 N–H and O–H groups in total. The Balaban J connectivity index is 1.84. The zero-order valence-corrected chi connectivity index (χ0v) is 11.8. The Labute approximate surface area is 118 Å². The molecule has 1 aliphatic carbocycles. The van der Waals surface area contributed by atoms with Gasteiger partial charge in [0.05, 0.1) is 0 Å². The van der Waals surface area contributed by atoms with E-state index in [2.05, 4.69) is 16.5 Å². The van der Waals surface area contributed by atoms with Crippen molar-refractivity contribution in [2.75, 3.05) is 5.32 Å². The van der Waals surface area contributed by atoms with Crippen LogP contribution in [-0.4, -0.2) is 11.1 Å². The quantitative estimate of drug-likeness (QED) is 0.909. The minimum Gasteiger partial charge on any atom is -0.360 e. The van der Waals surface area contributed by atoms with Crippen molar-refractivity contribution in [1.29, 1.82) is 0 Å². The average Bonchev–Trinajstić information content (AvgIpc) is 2.81. The normalized spacial score (nSPS) is 13.9. The van der Waals surface area contributed by atoms with E-state index in [0.717, 1.165) is 53.8 Å². The highest BCUT2D eigenvalue weighted by atomic mass is 16.5. The molecule has 1 aromatic carbocycles. The number of carbonyl (C=O) groups is 1. The number of hydrogen-bond acceptors (Lipinski definition) is 3. The van der Waals surface area contributed by atoms with Crippen LogP contribution >= 0.6 is 0 Å². The van der Waals surface area contributed by atoms with E-state index >= 15 is 0 Å². The van der Waals surface area contributed by atoms with Crippen molar-refractivity contribution in [2.45, 2.75) is 39.5 Å². The Morgan fingerprint density at radius 2 is 1.85 bits per heavy atom. The van der Waals surface area contributed by atoms with E-state index < -0.39 is 0 Å². The van der Waals surface area contributed by atoms with Gasteiger partial charge in [0.1, 0.15) is 5.76 Å². The van der Waals surface area contributed by atoms with Gasteiger partial charge in [0.25, 0.3) is 5.91 Å². The fraction of sp³-hybridized carbons (Fsp3) is 0.375. The monoisotopic (exact) mass is 270 g/mol. The lowest BCUT2D eigenvalue weighted by atomic mass is 9.96. The first kappa shape index (κ1) is 12.9. The maximum atomic E-state index is 12.3. The van der Waals surface area contributed by atoms with Crippen molar-refractivity contribution in [3.63, 3.8) is 0 Å². The molecule has 0 radical (unpaired) electrons. The summed E-state index contributed by atoms with van der Waals surface area (Å²) in [6.07, 6.45) is 3.98. The summed E-state index contributed by atoms with van der Waals surface area (Å²) in [6, 6.07) is 5.99. The second-order valence-corrected chi connectivity index (χ2v) is 5.47. The van der Waals surface area contributed by atoms with Gasteiger partial charge in [-0.3, -0.25) is 4.79 Å². The molecule has 0 saturated heterocycles. The lowest BCUT2D eigenvalue weighted by molar-refractivity contribution is 0.101. The minimum atomic E-state index is -0.179. The van der Waals surface area contributed by atoms with Gasteiger partial charge in [-0.05, 0) is 56.4 Å². The third-order valence-corrected chi connectivity index (χ3v) is 3.64. The van der Waals surface area contributed by atoms with Crippen LogP contribution in [0.4, 0.5) is 5.69 Å². The molecule has 4 heteroatoms. The van der Waals surface area contributed by atoms with Crippen LogP contribution in [0.25, 0.3) is 0 Å². The third-order valence-electron chi connectivity index (χ3n) is 3.64. The maximum absolute atomic E-state index is 12.3. The highest BCUT2D eigenvalue weighted by Crippen LogP contribution is 2.25. The Morgan fingerprint density at radius 3 is 2.60 bits per heavy atom. The first-order chi connectivity index (χ1) is 9.63. The summed E-state index contributed by atoms with van der Waals surface area (Å²) in [5, 5.41) is 6.87. The lowest BCUT2D eigenvalue weighted by Crippen LogP contribution is -2.15. The van der Waals surface area contributed by atoms with Crippen molar-refractivity contribution in [3.8, 4) is 0 Å². The molecule has 1 amide bonds. The standard InChI is InChI=1S/C16H18N2O2/c1-10-7-11(2)9-12(8-10)17-16(19)15-13-5-3-4-6-14(13)20-18-15/h7-9H,3-6H2,1-2H3,(H,17,19). The van der Waals surface area contributed by atoms with Crippen LogP contribution in [0.5, 0.6) is 0 Å². The molecule has 20 heavy (non-hydrogen) atoms. The van der Waals surface area contributed by atoms with E-state index in [9.17, 15) is 4.79 Å². The number of rotatable bonds is 2. The molecule has 0 atom stereocenters. The Kier molecular flexibility index (Phi) is 3.30. The van der Waals surface area contributed by atoms with Gasteiger partial charge >= 0.3 is 0 Å². The van der Waals surface area contributed by atoms with E-state index in [-0.39, 0.29) is 5.91 Å². The molecule has 2 aromatic rings. The predicted molar refractivity (Wildman–Crippen MR) is 77.0 cm³/mol. The zero-order chi connectivity index (χ0) is 14.1. The van der Waals surface area contributed by atoms with Crippen LogP contribution in [0.3, 0.4) is 0 Å². The highest BCUT2D eigenvalue weighted by molar-refractivity contribution is 6.04. The van der Waals surface area contributed by atoms with Crippen LogP contribution < -0.4 is 5.32 Å². The molecule has 1 aromatic heterocycles. The number of anilines is 1. The van der Waals surface area contributed by atoms with Gasteiger partial charge in [0, 0.05) is 17.7 Å².